The Labute approximate surface area is 154 Å². The van der Waals surface area contributed by atoms with E-state index in [1.165, 1.54) is 5.56 Å². The Hall–Kier alpha value is -2.62. The third-order valence-electron chi connectivity index (χ3n) is 4.77. The molecule has 4 heteroatoms. The lowest BCUT2D eigenvalue weighted by Gasteiger charge is -2.20. The molecule has 0 aliphatic rings. The second-order valence-electron chi connectivity index (χ2n) is 6.63. The summed E-state index contributed by atoms with van der Waals surface area (Å²) in [6.07, 6.45) is 3.87. The summed E-state index contributed by atoms with van der Waals surface area (Å²) in [6.45, 7) is 0. The van der Waals surface area contributed by atoms with Crippen LogP contribution in [0.25, 0.3) is 0 Å². The summed E-state index contributed by atoms with van der Waals surface area (Å²) in [5, 5.41) is 18.4. The molecule has 0 bridgehead atoms. The van der Waals surface area contributed by atoms with Crippen LogP contribution in [0.5, 0.6) is 0 Å². The van der Waals surface area contributed by atoms with Crippen molar-refractivity contribution in [3.05, 3.63) is 71.8 Å². The lowest BCUT2D eigenvalue weighted by Crippen LogP contribution is -2.13. The summed E-state index contributed by atoms with van der Waals surface area (Å²) in [4.78, 5) is 22.4. The molecule has 0 amide bonds. The van der Waals surface area contributed by atoms with Gasteiger partial charge in [-0.25, -0.2) is 0 Å². The molecule has 2 rings (SSSR count). The smallest absolute Gasteiger partial charge is 0.310 e. The number of hydrogen-bond acceptors (Lipinski definition) is 2. The molecule has 0 fully saturated rings. The second kappa shape index (κ2) is 10.4. The van der Waals surface area contributed by atoms with Crippen molar-refractivity contribution >= 4 is 11.9 Å². The molecule has 2 N–H and O–H groups in total. The Bertz CT molecular complexity index is 682. The van der Waals surface area contributed by atoms with Crippen LogP contribution in [0, 0.1) is 0 Å². The van der Waals surface area contributed by atoms with Crippen LogP contribution in [-0.2, 0) is 9.59 Å². The molecule has 26 heavy (non-hydrogen) atoms. The van der Waals surface area contributed by atoms with Gasteiger partial charge >= 0.3 is 11.9 Å². The van der Waals surface area contributed by atoms with Crippen molar-refractivity contribution in [2.75, 3.05) is 0 Å². The average Bonchev–Trinajstić information content (AvgIpc) is 2.64. The van der Waals surface area contributed by atoms with Crippen LogP contribution >= 0.6 is 0 Å². The van der Waals surface area contributed by atoms with Gasteiger partial charge in [-0.15, -0.1) is 0 Å². The van der Waals surface area contributed by atoms with Gasteiger partial charge in [0, 0.05) is 6.42 Å². The van der Waals surface area contributed by atoms with Crippen molar-refractivity contribution in [2.45, 2.75) is 50.4 Å². The van der Waals surface area contributed by atoms with Gasteiger partial charge in [-0.3, -0.25) is 9.59 Å². The zero-order chi connectivity index (χ0) is 18.8. The van der Waals surface area contributed by atoms with E-state index >= 15 is 0 Å². The lowest BCUT2D eigenvalue weighted by molar-refractivity contribution is -0.139. The molecule has 0 spiro atoms. The van der Waals surface area contributed by atoms with Gasteiger partial charge in [0.2, 0.25) is 0 Å². The maximum absolute atomic E-state index is 11.7. The molecule has 2 atom stereocenters. The molecule has 0 heterocycles. The predicted molar refractivity (Wildman–Crippen MR) is 101 cm³/mol. The second-order valence-corrected chi connectivity index (χ2v) is 6.63. The number of carboxylic acids is 2. The van der Waals surface area contributed by atoms with Crippen LogP contribution in [0.1, 0.15) is 61.5 Å². The maximum atomic E-state index is 11.7. The van der Waals surface area contributed by atoms with Gasteiger partial charge in [0.05, 0.1) is 5.92 Å². The highest BCUT2D eigenvalue weighted by Gasteiger charge is 2.22. The number of benzene rings is 2. The van der Waals surface area contributed by atoms with Gasteiger partial charge in [0.1, 0.15) is 0 Å². The molecule has 2 unspecified atom stereocenters. The zero-order valence-corrected chi connectivity index (χ0v) is 14.9. The molecule has 0 radical (unpaired) electrons. The Morgan fingerprint density at radius 1 is 0.731 bits per heavy atom. The van der Waals surface area contributed by atoms with E-state index in [0.717, 1.165) is 24.8 Å². The standard InChI is InChI=1S/C22H26O4/c23-21(24)14-8-7-11-18(17-9-3-1-4-10-17)15-16-20(22(25)26)19-12-5-2-6-13-19/h1-6,9-10,12-13,18,20H,7-8,11,14-16H2,(H,23,24)(H,25,26). The zero-order valence-electron chi connectivity index (χ0n) is 14.9. The third kappa shape index (κ3) is 6.36. The minimum atomic E-state index is -0.797. The summed E-state index contributed by atoms with van der Waals surface area (Å²) < 4.78 is 0. The molecule has 138 valence electrons. The third-order valence-corrected chi connectivity index (χ3v) is 4.77. The average molecular weight is 354 g/mol. The van der Waals surface area contributed by atoms with Crippen molar-refractivity contribution in [1.82, 2.24) is 0 Å². The van der Waals surface area contributed by atoms with E-state index in [9.17, 15) is 14.7 Å². The minimum Gasteiger partial charge on any atom is -0.481 e. The summed E-state index contributed by atoms with van der Waals surface area (Å²) >= 11 is 0. The van der Waals surface area contributed by atoms with E-state index in [-0.39, 0.29) is 12.3 Å². The monoisotopic (exact) mass is 354 g/mol. The van der Waals surface area contributed by atoms with Crippen molar-refractivity contribution in [2.24, 2.45) is 0 Å². The van der Waals surface area contributed by atoms with Crippen LogP contribution in [-0.4, -0.2) is 22.2 Å². The van der Waals surface area contributed by atoms with Gasteiger partial charge in [0.25, 0.3) is 0 Å². The molecule has 0 aliphatic carbocycles. The number of carboxylic acid groups (broad SMARTS) is 2. The number of aliphatic carboxylic acids is 2. The summed E-state index contributed by atoms with van der Waals surface area (Å²) in [5.74, 6) is -1.83. The van der Waals surface area contributed by atoms with E-state index in [1.54, 1.807) is 0 Å². The van der Waals surface area contributed by atoms with Gasteiger partial charge in [0.15, 0.2) is 0 Å². The van der Waals surface area contributed by atoms with Crippen molar-refractivity contribution < 1.29 is 19.8 Å². The highest BCUT2D eigenvalue weighted by atomic mass is 16.4. The van der Waals surface area contributed by atoms with Crippen molar-refractivity contribution in [3.8, 4) is 0 Å². The maximum Gasteiger partial charge on any atom is 0.310 e. The van der Waals surface area contributed by atoms with E-state index in [4.69, 9.17) is 5.11 Å². The molecule has 0 saturated heterocycles. The molecule has 0 aromatic heterocycles. The summed E-state index contributed by atoms with van der Waals surface area (Å²) in [6, 6.07) is 19.4. The first kappa shape index (κ1) is 19.7. The first-order valence-electron chi connectivity index (χ1n) is 9.12. The normalized spacial score (nSPS) is 13.1. The SMILES string of the molecule is O=C(O)CCCCC(CCC(C(=O)O)c1ccccc1)c1ccccc1. The summed E-state index contributed by atoms with van der Waals surface area (Å²) in [5.41, 5.74) is 2.03. The Balaban J connectivity index is 2.02. The van der Waals surface area contributed by atoms with Gasteiger partial charge < -0.3 is 10.2 Å². The predicted octanol–water partition coefficient (Wildman–Crippen LogP) is 5.06. The number of hydrogen-bond donors (Lipinski definition) is 2. The molecule has 0 saturated carbocycles. The Morgan fingerprint density at radius 3 is 1.85 bits per heavy atom. The summed E-state index contributed by atoms with van der Waals surface area (Å²) in [7, 11) is 0. The number of rotatable bonds is 11. The first-order chi connectivity index (χ1) is 12.6. The quantitative estimate of drug-likeness (QED) is 0.553. The Morgan fingerprint density at radius 2 is 1.31 bits per heavy atom. The van der Waals surface area contributed by atoms with Gasteiger partial charge in [-0.1, -0.05) is 67.1 Å². The van der Waals surface area contributed by atoms with E-state index in [0.29, 0.717) is 12.8 Å². The minimum absolute atomic E-state index is 0.184. The van der Waals surface area contributed by atoms with Crippen LogP contribution < -0.4 is 0 Å². The molecular formula is C22H26O4. The number of carbonyl (C=O) groups is 2. The van der Waals surface area contributed by atoms with E-state index in [1.807, 2.05) is 48.5 Å². The number of unbranched alkanes of at least 4 members (excludes halogenated alkanes) is 1. The Kier molecular flexibility index (Phi) is 7.87. The van der Waals surface area contributed by atoms with Crippen LogP contribution in [0.4, 0.5) is 0 Å². The fourth-order valence-corrected chi connectivity index (χ4v) is 3.36. The fraction of sp³-hybridized carbons (Fsp3) is 0.364. The lowest BCUT2D eigenvalue weighted by atomic mass is 9.84. The largest absolute Gasteiger partial charge is 0.481 e. The molecule has 2 aromatic rings. The van der Waals surface area contributed by atoms with Crippen LogP contribution in [0.2, 0.25) is 0 Å². The van der Waals surface area contributed by atoms with Crippen LogP contribution in [0.3, 0.4) is 0 Å². The molecule has 0 aliphatic heterocycles. The molecule has 4 nitrogen and oxygen atoms in total. The van der Waals surface area contributed by atoms with E-state index < -0.39 is 17.9 Å². The van der Waals surface area contributed by atoms with Gasteiger partial charge in [-0.2, -0.15) is 0 Å². The van der Waals surface area contributed by atoms with Crippen LogP contribution in [0.15, 0.2) is 60.7 Å². The van der Waals surface area contributed by atoms with Crippen molar-refractivity contribution in [3.63, 3.8) is 0 Å². The topological polar surface area (TPSA) is 74.6 Å². The fourth-order valence-electron chi connectivity index (χ4n) is 3.36. The molecule has 2 aromatic carbocycles. The highest BCUT2D eigenvalue weighted by molar-refractivity contribution is 5.76. The van der Waals surface area contributed by atoms with Crippen molar-refractivity contribution in [1.29, 1.82) is 0 Å². The highest BCUT2D eigenvalue weighted by Crippen LogP contribution is 2.32. The van der Waals surface area contributed by atoms with Gasteiger partial charge in [-0.05, 0) is 42.7 Å². The first-order valence-corrected chi connectivity index (χ1v) is 9.12. The van der Waals surface area contributed by atoms with E-state index in [2.05, 4.69) is 12.1 Å². The molecular weight excluding hydrogens is 328 g/mol.